The molecule has 0 bridgehead atoms. The van der Waals surface area contributed by atoms with Crippen LogP contribution in [0.3, 0.4) is 0 Å². The number of fused-ring (bicyclic) bond motifs is 1. The van der Waals surface area contributed by atoms with Gasteiger partial charge in [0.05, 0.1) is 6.10 Å². The van der Waals surface area contributed by atoms with E-state index in [4.69, 9.17) is 0 Å². The molecule has 1 aromatic heterocycles. The van der Waals surface area contributed by atoms with Gasteiger partial charge < -0.3 is 15.0 Å². The number of nitrogens with zero attached hydrogens (tertiary/aromatic N) is 2. The van der Waals surface area contributed by atoms with E-state index in [-0.39, 0.29) is 17.7 Å². The minimum absolute atomic E-state index is 0.161. The zero-order valence-corrected chi connectivity index (χ0v) is 13.1. The van der Waals surface area contributed by atoms with Gasteiger partial charge in [-0.15, -0.1) is 0 Å². The molecule has 3 rings (SSSR count). The summed E-state index contributed by atoms with van der Waals surface area (Å²) in [5.74, 6) is 1.10. The highest BCUT2D eigenvalue weighted by molar-refractivity contribution is 5.76. The number of aliphatic hydroxyl groups is 1. The third kappa shape index (κ3) is 2.92. The minimum atomic E-state index is -0.337. The van der Waals surface area contributed by atoms with Crippen LogP contribution in [0.5, 0.6) is 0 Å². The lowest BCUT2D eigenvalue weighted by Crippen LogP contribution is -2.30. The van der Waals surface area contributed by atoms with E-state index >= 15 is 0 Å². The summed E-state index contributed by atoms with van der Waals surface area (Å²) in [5.41, 5.74) is 2.13. The van der Waals surface area contributed by atoms with Crippen molar-refractivity contribution >= 4 is 5.91 Å². The fraction of sp³-hybridized carbons (Fsp3) is 0.688. The Morgan fingerprint density at radius 2 is 1.95 bits per heavy atom. The van der Waals surface area contributed by atoms with Crippen LogP contribution in [0.1, 0.15) is 36.2 Å². The van der Waals surface area contributed by atoms with Crippen LogP contribution in [0.25, 0.3) is 0 Å². The zero-order valence-electron chi connectivity index (χ0n) is 13.1. The van der Waals surface area contributed by atoms with Crippen LogP contribution >= 0.6 is 0 Å². The summed E-state index contributed by atoms with van der Waals surface area (Å²) in [6, 6.07) is 0. The average molecular weight is 305 g/mol. The van der Waals surface area contributed by atoms with Gasteiger partial charge in [0.15, 0.2) is 0 Å². The molecule has 0 radical (unpaired) electrons. The number of aromatic amines is 1. The quantitative estimate of drug-likeness (QED) is 0.854. The van der Waals surface area contributed by atoms with E-state index < -0.39 is 0 Å². The minimum Gasteiger partial charge on any atom is -0.393 e. The second-order valence-corrected chi connectivity index (χ2v) is 6.68. The normalized spacial score (nSPS) is 27.2. The zero-order chi connectivity index (χ0) is 15.9. The maximum Gasteiger partial charge on any atom is 0.345 e. The molecule has 0 aromatic carbocycles. The first-order chi connectivity index (χ1) is 10.4. The largest absolute Gasteiger partial charge is 0.393 e. The van der Waals surface area contributed by atoms with Gasteiger partial charge in [0, 0.05) is 30.9 Å². The molecule has 2 N–H and O–H groups in total. The summed E-state index contributed by atoms with van der Waals surface area (Å²) in [6.07, 6.45) is 2.53. The third-order valence-corrected chi connectivity index (χ3v) is 5.12. The van der Waals surface area contributed by atoms with Gasteiger partial charge in [-0.05, 0) is 50.5 Å². The molecule has 2 heterocycles. The molecule has 22 heavy (non-hydrogen) atoms. The maximum atomic E-state index is 12.4. The molecule has 120 valence electrons. The maximum absolute atomic E-state index is 12.4. The Hall–Kier alpha value is -1.69. The van der Waals surface area contributed by atoms with E-state index in [0.717, 1.165) is 37.2 Å². The Labute approximate surface area is 129 Å². The lowest BCUT2D eigenvalue weighted by molar-refractivity contribution is -0.130. The Morgan fingerprint density at radius 1 is 1.32 bits per heavy atom. The monoisotopic (exact) mass is 305 g/mol. The number of likely N-dealkylation sites (tertiary alicyclic amines) is 1. The Kier molecular flexibility index (Phi) is 4.04. The van der Waals surface area contributed by atoms with Crippen molar-refractivity contribution in [2.45, 2.75) is 45.6 Å². The molecule has 3 atom stereocenters. The lowest BCUT2D eigenvalue weighted by Gasteiger charge is -2.18. The van der Waals surface area contributed by atoms with E-state index in [0.29, 0.717) is 30.4 Å². The van der Waals surface area contributed by atoms with Gasteiger partial charge in [-0.25, -0.2) is 4.79 Å². The van der Waals surface area contributed by atoms with Gasteiger partial charge in [0.1, 0.15) is 0 Å². The number of nitrogens with one attached hydrogen (secondary N) is 1. The van der Waals surface area contributed by atoms with E-state index in [2.05, 4.69) is 9.97 Å². The number of aromatic nitrogens is 2. The molecular formula is C16H23N3O3. The summed E-state index contributed by atoms with van der Waals surface area (Å²) in [7, 11) is 0. The van der Waals surface area contributed by atoms with Gasteiger partial charge in [-0.3, -0.25) is 4.79 Å². The van der Waals surface area contributed by atoms with Crippen molar-refractivity contribution in [3.05, 3.63) is 27.4 Å². The number of carbonyl (C=O) groups is 1. The number of rotatable bonds is 3. The van der Waals surface area contributed by atoms with Crippen molar-refractivity contribution in [3.63, 3.8) is 0 Å². The molecule has 2 fully saturated rings. The molecule has 2 aliphatic rings. The highest BCUT2D eigenvalue weighted by atomic mass is 16.3. The van der Waals surface area contributed by atoms with Crippen molar-refractivity contribution in [2.75, 3.05) is 13.1 Å². The molecule has 0 spiro atoms. The van der Waals surface area contributed by atoms with Crippen molar-refractivity contribution in [1.29, 1.82) is 0 Å². The smallest absolute Gasteiger partial charge is 0.345 e. The predicted molar refractivity (Wildman–Crippen MR) is 81.5 cm³/mol. The van der Waals surface area contributed by atoms with Gasteiger partial charge in [-0.1, -0.05) is 0 Å². The van der Waals surface area contributed by atoms with Crippen LogP contribution in [0.2, 0.25) is 0 Å². The van der Waals surface area contributed by atoms with Crippen LogP contribution in [0.4, 0.5) is 0 Å². The molecule has 1 saturated carbocycles. The second kappa shape index (κ2) is 5.83. The van der Waals surface area contributed by atoms with Crippen molar-refractivity contribution in [3.8, 4) is 0 Å². The van der Waals surface area contributed by atoms with Crippen molar-refractivity contribution < 1.29 is 9.90 Å². The highest BCUT2D eigenvalue weighted by Crippen LogP contribution is 2.38. The first kappa shape index (κ1) is 15.2. The number of carbonyl (C=O) groups excluding carboxylic acids is 1. The van der Waals surface area contributed by atoms with Gasteiger partial charge >= 0.3 is 5.69 Å². The predicted octanol–water partition coefficient (Wildman–Crippen LogP) is 0.549. The molecule has 6 nitrogen and oxygen atoms in total. The molecule has 6 heteroatoms. The fourth-order valence-corrected chi connectivity index (χ4v) is 3.98. The number of aliphatic hydroxyl groups excluding tert-OH is 1. The van der Waals surface area contributed by atoms with Gasteiger partial charge in [-0.2, -0.15) is 4.98 Å². The lowest BCUT2D eigenvalue weighted by atomic mass is 10.0. The second-order valence-electron chi connectivity index (χ2n) is 6.68. The number of H-pyrrole nitrogens is 1. The van der Waals surface area contributed by atoms with Crippen LogP contribution in [0, 0.1) is 25.7 Å². The number of amides is 1. The van der Waals surface area contributed by atoms with E-state index in [1.165, 1.54) is 0 Å². The summed E-state index contributed by atoms with van der Waals surface area (Å²) in [5, 5.41) is 9.66. The number of hydrogen-bond acceptors (Lipinski definition) is 4. The summed E-state index contributed by atoms with van der Waals surface area (Å²) >= 11 is 0. The van der Waals surface area contributed by atoms with E-state index in [9.17, 15) is 14.7 Å². The Balaban J connectivity index is 1.59. The number of hydrogen-bond donors (Lipinski definition) is 2. The SMILES string of the molecule is Cc1nc(=O)[nH]c(C)c1CCC(=O)N1C[C@H]2CC(O)C[C@H]2C1. The van der Waals surface area contributed by atoms with Crippen molar-refractivity contribution in [1.82, 2.24) is 14.9 Å². The Morgan fingerprint density at radius 3 is 2.55 bits per heavy atom. The van der Waals surface area contributed by atoms with E-state index in [1.54, 1.807) is 0 Å². The van der Waals surface area contributed by atoms with Gasteiger partial charge in [0.2, 0.25) is 5.91 Å². The van der Waals surface area contributed by atoms with Gasteiger partial charge in [0.25, 0.3) is 0 Å². The number of aryl methyl sites for hydroxylation is 2. The third-order valence-electron chi connectivity index (χ3n) is 5.12. The first-order valence-corrected chi connectivity index (χ1v) is 7.96. The molecule has 1 amide bonds. The summed E-state index contributed by atoms with van der Waals surface area (Å²) in [4.78, 5) is 32.2. The standard InChI is InChI=1S/C16H23N3O3/c1-9-14(10(2)18-16(22)17-9)3-4-15(21)19-7-11-5-13(20)6-12(11)8-19/h11-13,20H,3-8H2,1-2H3,(H,17,18,22)/t11-,12+,13?. The van der Waals surface area contributed by atoms with Crippen LogP contribution in [-0.4, -0.2) is 45.1 Å². The molecule has 1 aliphatic carbocycles. The highest BCUT2D eigenvalue weighted by Gasteiger charge is 2.41. The summed E-state index contributed by atoms with van der Waals surface area (Å²) < 4.78 is 0. The molecular weight excluding hydrogens is 282 g/mol. The molecule has 1 unspecified atom stereocenters. The van der Waals surface area contributed by atoms with Crippen molar-refractivity contribution in [2.24, 2.45) is 11.8 Å². The topological polar surface area (TPSA) is 86.3 Å². The van der Waals surface area contributed by atoms with E-state index in [1.807, 2.05) is 18.7 Å². The first-order valence-electron chi connectivity index (χ1n) is 7.96. The summed E-state index contributed by atoms with van der Waals surface area (Å²) in [6.45, 7) is 5.21. The Bertz CT molecular complexity index is 600. The molecule has 1 saturated heterocycles. The fourth-order valence-electron chi connectivity index (χ4n) is 3.98. The van der Waals surface area contributed by atoms with Crippen LogP contribution < -0.4 is 5.69 Å². The average Bonchev–Trinajstić information content (AvgIpc) is 2.94. The van der Waals surface area contributed by atoms with Crippen LogP contribution in [0.15, 0.2) is 4.79 Å². The van der Waals surface area contributed by atoms with Crippen LogP contribution in [-0.2, 0) is 11.2 Å². The molecule has 1 aromatic rings. The molecule has 1 aliphatic heterocycles.